The van der Waals surface area contributed by atoms with Gasteiger partial charge in [0.2, 0.25) is 5.82 Å². The molecule has 2 saturated heterocycles. The predicted octanol–water partition coefficient (Wildman–Crippen LogP) is -0.199. The quantitative estimate of drug-likeness (QED) is 0.744. The highest BCUT2D eigenvalue weighted by Crippen LogP contribution is 2.27. The second-order valence-corrected chi connectivity index (χ2v) is 4.73. The van der Waals surface area contributed by atoms with Crippen molar-refractivity contribution in [2.24, 2.45) is 5.92 Å². The smallest absolute Gasteiger partial charge is 0.293 e. The predicted molar refractivity (Wildman–Crippen MR) is 61.6 cm³/mol. The Kier molecular flexibility index (Phi) is 2.58. The fourth-order valence-corrected chi connectivity index (χ4v) is 2.78. The van der Waals surface area contributed by atoms with Crippen LogP contribution in [0.5, 0.6) is 0 Å². The van der Waals surface area contributed by atoms with Crippen LogP contribution in [0.1, 0.15) is 29.8 Å². The van der Waals surface area contributed by atoms with Crippen molar-refractivity contribution >= 4 is 5.91 Å². The molecule has 2 N–H and O–H groups in total. The van der Waals surface area contributed by atoms with Crippen molar-refractivity contribution in [1.82, 2.24) is 25.4 Å². The van der Waals surface area contributed by atoms with E-state index in [4.69, 9.17) is 0 Å². The first-order valence-electron chi connectivity index (χ1n) is 6.22. The van der Waals surface area contributed by atoms with Crippen LogP contribution in [0.25, 0.3) is 0 Å². The van der Waals surface area contributed by atoms with Crippen molar-refractivity contribution in [1.29, 1.82) is 0 Å². The van der Waals surface area contributed by atoms with Crippen LogP contribution in [0.4, 0.5) is 0 Å². The SMILES string of the molecule is CCc1nc(C(=O)N2CC[C@H]3CNC[C@H]32)n[nH]1. The zero-order valence-corrected chi connectivity index (χ0v) is 9.94. The average Bonchev–Trinajstić information content (AvgIpc) is 3.04. The highest BCUT2D eigenvalue weighted by Gasteiger charge is 2.40. The van der Waals surface area contributed by atoms with Crippen LogP contribution in [-0.4, -0.2) is 51.7 Å². The van der Waals surface area contributed by atoms with E-state index in [1.807, 2.05) is 11.8 Å². The van der Waals surface area contributed by atoms with Crippen molar-refractivity contribution in [2.75, 3.05) is 19.6 Å². The van der Waals surface area contributed by atoms with E-state index in [1.54, 1.807) is 0 Å². The summed E-state index contributed by atoms with van der Waals surface area (Å²) in [6.07, 6.45) is 1.86. The number of aromatic amines is 1. The third kappa shape index (κ3) is 1.72. The molecule has 0 spiro atoms. The number of nitrogens with zero attached hydrogens (tertiary/aromatic N) is 3. The summed E-state index contributed by atoms with van der Waals surface area (Å²) in [6.45, 7) is 4.76. The molecule has 0 aromatic carbocycles. The number of amides is 1. The third-order valence-corrected chi connectivity index (χ3v) is 3.76. The first-order valence-corrected chi connectivity index (χ1v) is 6.22. The van der Waals surface area contributed by atoms with Gasteiger partial charge >= 0.3 is 0 Å². The topological polar surface area (TPSA) is 73.9 Å². The Morgan fingerprint density at radius 2 is 2.41 bits per heavy atom. The van der Waals surface area contributed by atoms with E-state index < -0.39 is 0 Å². The van der Waals surface area contributed by atoms with Crippen molar-refractivity contribution in [3.63, 3.8) is 0 Å². The fraction of sp³-hybridized carbons (Fsp3) is 0.727. The highest BCUT2D eigenvalue weighted by molar-refractivity contribution is 5.91. The van der Waals surface area contributed by atoms with Gasteiger partial charge < -0.3 is 10.2 Å². The minimum atomic E-state index is -0.0304. The Labute approximate surface area is 99.8 Å². The molecule has 2 aliphatic rings. The largest absolute Gasteiger partial charge is 0.331 e. The maximum Gasteiger partial charge on any atom is 0.293 e. The zero-order chi connectivity index (χ0) is 11.8. The van der Waals surface area contributed by atoms with Crippen molar-refractivity contribution in [3.05, 3.63) is 11.6 Å². The molecule has 0 bridgehead atoms. The number of carbonyl (C=O) groups excluding carboxylic acids is 1. The summed E-state index contributed by atoms with van der Waals surface area (Å²) in [5, 5.41) is 10.1. The molecule has 2 aliphatic heterocycles. The zero-order valence-electron chi connectivity index (χ0n) is 9.94. The van der Waals surface area contributed by atoms with E-state index in [-0.39, 0.29) is 5.91 Å². The number of aromatic nitrogens is 3. The van der Waals surface area contributed by atoms with Crippen molar-refractivity contribution < 1.29 is 4.79 Å². The normalized spacial score (nSPS) is 27.5. The van der Waals surface area contributed by atoms with Crippen LogP contribution in [0.3, 0.4) is 0 Å². The number of fused-ring (bicyclic) bond motifs is 1. The van der Waals surface area contributed by atoms with Crippen LogP contribution in [0.15, 0.2) is 0 Å². The first-order chi connectivity index (χ1) is 8.29. The summed E-state index contributed by atoms with van der Waals surface area (Å²) in [7, 11) is 0. The van der Waals surface area contributed by atoms with Crippen LogP contribution in [0, 0.1) is 5.92 Å². The molecule has 2 fully saturated rings. The average molecular weight is 235 g/mol. The van der Waals surface area contributed by atoms with Crippen LogP contribution < -0.4 is 5.32 Å². The fourth-order valence-electron chi connectivity index (χ4n) is 2.78. The molecule has 1 aromatic heterocycles. The van der Waals surface area contributed by atoms with Gasteiger partial charge in [-0.1, -0.05) is 6.92 Å². The van der Waals surface area contributed by atoms with Gasteiger partial charge in [0.05, 0.1) is 0 Å². The summed E-state index contributed by atoms with van der Waals surface area (Å²) < 4.78 is 0. The molecule has 17 heavy (non-hydrogen) atoms. The minimum Gasteiger partial charge on any atom is -0.331 e. The Hall–Kier alpha value is -1.43. The number of aryl methyl sites for hydroxylation is 1. The second kappa shape index (κ2) is 4.10. The standard InChI is InChI=1S/C11H17N5O/c1-2-9-13-10(15-14-9)11(17)16-4-3-7-5-12-6-8(7)16/h7-8,12H,2-6H2,1H3,(H,13,14,15)/t7-,8+/m0/s1. The lowest BCUT2D eigenvalue weighted by atomic mass is 10.1. The Balaban J connectivity index is 1.77. The lowest BCUT2D eigenvalue weighted by molar-refractivity contribution is 0.0725. The van der Waals surface area contributed by atoms with Crippen molar-refractivity contribution in [3.8, 4) is 0 Å². The number of likely N-dealkylation sites (tertiary alicyclic amines) is 1. The molecule has 92 valence electrons. The molecular weight excluding hydrogens is 218 g/mol. The maximum atomic E-state index is 12.3. The molecule has 0 aliphatic carbocycles. The van der Waals surface area contributed by atoms with E-state index in [9.17, 15) is 4.79 Å². The molecular formula is C11H17N5O. The number of H-pyrrole nitrogens is 1. The van der Waals surface area contributed by atoms with Crippen LogP contribution in [-0.2, 0) is 6.42 Å². The summed E-state index contributed by atoms with van der Waals surface area (Å²) >= 11 is 0. The van der Waals surface area contributed by atoms with Crippen LogP contribution in [0.2, 0.25) is 0 Å². The van der Waals surface area contributed by atoms with E-state index in [1.165, 1.54) is 0 Å². The van der Waals surface area contributed by atoms with Gasteiger partial charge in [0.15, 0.2) is 0 Å². The molecule has 3 heterocycles. The second-order valence-electron chi connectivity index (χ2n) is 4.73. The summed E-state index contributed by atoms with van der Waals surface area (Å²) in [5.74, 6) is 1.67. The van der Waals surface area contributed by atoms with Gasteiger partial charge in [-0.3, -0.25) is 9.89 Å². The number of nitrogens with one attached hydrogen (secondary N) is 2. The first kappa shape index (κ1) is 10.7. The molecule has 0 saturated carbocycles. The van der Waals surface area contributed by atoms with E-state index in [0.717, 1.165) is 38.3 Å². The van der Waals surface area contributed by atoms with Gasteiger partial charge in [-0.25, -0.2) is 4.98 Å². The monoisotopic (exact) mass is 235 g/mol. The van der Waals surface area contributed by atoms with Gasteiger partial charge in [0, 0.05) is 32.1 Å². The van der Waals surface area contributed by atoms with E-state index in [2.05, 4.69) is 20.5 Å². The number of hydrogen-bond donors (Lipinski definition) is 2. The lowest BCUT2D eigenvalue weighted by Crippen LogP contribution is -2.39. The summed E-state index contributed by atoms with van der Waals surface area (Å²) in [6, 6.07) is 0.339. The Bertz CT molecular complexity index is 429. The highest BCUT2D eigenvalue weighted by atomic mass is 16.2. The molecule has 1 amide bonds. The molecule has 6 heteroatoms. The Morgan fingerprint density at radius 1 is 1.53 bits per heavy atom. The lowest BCUT2D eigenvalue weighted by Gasteiger charge is -2.21. The van der Waals surface area contributed by atoms with Gasteiger partial charge in [-0.05, 0) is 12.3 Å². The van der Waals surface area contributed by atoms with Gasteiger partial charge in [0.25, 0.3) is 5.91 Å². The summed E-state index contributed by atoms with van der Waals surface area (Å²) in [4.78, 5) is 18.4. The number of carbonyl (C=O) groups is 1. The maximum absolute atomic E-state index is 12.3. The van der Waals surface area contributed by atoms with Gasteiger partial charge in [-0.2, -0.15) is 0 Å². The van der Waals surface area contributed by atoms with Gasteiger partial charge in [-0.15, -0.1) is 5.10 Å². The molecule has 0 radical (unpaired) electrons. The van der Waals surface area contributed by atoms with E-state index in [0.29, 0.717) is 17.8 Å². The number of rotatable bonds is 2. The molecule has 1 aromatic rings. The molecule has 0 unspecified atom stereocenters. The van der Waals surface area contributed by atoms with Crippen molar-refractivity contribution in [2.45, 2.75) is 25.8 Å². The van der Waals surface area contributed by atoms with Gasteiger partial charge in [0.1, 0.15) is 5.82 Å². The summed E-state index contributed by atoms with van der Waals surface area (Å²) in [5.41, 5.74) is 0. The third-order valence-electron chi connectivity index (χ3n) is 3.76. The Morgan fingerprint density at radius 3 is 3.18 bits per heavy atom. The molecule has 6 nitrogen and oxygen atoms in total. The van der Waals surface area contributed by atoms with Crippen LogP contribution >= 0.6 is 0 Å². The van der Waals surface area contributed by atoms with E-state index >= 15 is 0 Å². The number of hydrogen-bond acceptors (Lipinski definition) is 4. The molecule has 3 rings (SSSR count). The molecule has 2 atom stereocenters. The minimum absolute atomic E-state index is 0.0304.